The van der Waals surface area contributed by atoms with Gasteiger partial charge in [0.15, 0.2) is 0 Å². The molecule has 0 aliphatic rings. The molecule has 0 amide bonds. The summed E-state index contributed by atoms with van der Waals surface area (Å²) in [6.45, 7) is 9.12. The number of benzene rings is 1. The van der Waals surface area contributed by atoms with Crippen molar-refractivity contribution in [3.8, 4) is 0 Å². The molecule has 0 saturated carbocycles. The molecule has 0 aliphatic carbocycles. The van der Waals surface area contributed by atoms with Gasteiger partial charge in [0, 0.05) is 8.07 Å². The van der Waals surface area contributed by atoms with Crippen LogP contribution in [0.4, 0.5) is 0 Å². The van der Waals surface area contributed by atoms with Crippen LogP contribution in [0, 0.1) is 6.92 Å². The maximum absolute atomic E-state index is 10.0. The summed E-state index contributed by atoms with van der Waals surface area (Å²) in [6, 6.07) is 9.29. The van der Waals surface area contributed by atoms with Gasteiger partial charge in [0.1, 0.15) is 0 Å². The zero-order chi connectivity index (χ0) is 12.9. The van der Waals surface area contributed by atoms with Crippen molar-refractivity contribution in [2.45, 2.75) is 45.1 Å². The average Bonchev–Trinajstić information content (AvgIpc) is 2.24. The minimum atomic E-state index is -0.984. The number of rotatable bonds is 5. The summed E-state index contributed by atoms with van der Waals surface area (Å²) in [4.78, 5) is 0. The Balaban J connectivity index is 2.44. The third kappa shape index (κ3) is 5.85. The van der Waals surface area contributed by atoms with Crippen LogP contribution in [0.5, 0.6) is 0 Å². The second kappa shape index (κ2) is 6.17. The van der Waals surface area contributed by atoms with Crippen molar-refractivity contribution in [1.29, 1.82) is 0 Å². The first-order valence-electron chi connectivity index (χ1n) is 6.28. The first-order chi connectivity index (χ1) is 7.88. The van der Waals surface area contributed by atoms with Crippen LogP contribution in [0.3, 0.4) is 0 Å². The second-order valence-electron chi connectivity index (χ2n) is 5.90. The van der Waals surface area contributed by atoms with Gasteiger partial charge in [0.05, 0.1) is 6.10 Å². The van der Waals surface area contributed by atoms with Gasteiger partial charge < -0.3 is 5.11 Å². The summed E-state index contributed by atoms with van der Waals surface area (Å²) in [6.07, 6.45) is 4.69. The van der Waals surface area contributed by atoms with Crippen LogP contribution < -0.4 is 0 Å². The van der Waals surface area contributed by atoms with Gasteiger partial charge in [-0.05, 0) is 25.0 Å². The Hall–Kier alpha value is -0.863. The second-order valence-corrected chi connectivity index (χ2v) is 11.4. The topological polar surface area (TPSA) is 20.2 Å². The van der Waals surface area contributed by atoms with Crippen LogP contribution in [-0.4, -0.2) is 13.2 Å². The van der Waals surface area contributed by atoms with Gasteiger partial charge in [-0.25, -0.2) is 0 Å². The molecule has 1 aromatic rings. The minimum Gasteiger partial charge on any atom is -0.388 e. The molecule has 0 heterocycles. The Morgan fingerprint density at radius 3 is 2.24 bits per heavy atom. The molecule has 0 spiro atoms. The third-order valence-electron chi connectivity index (χ3n) is 2.72. The predicted octanol–water partition coefficient (Wildman–Crippen LogP) is 4.31. The fourth-order valence-electron chi connectivity index (χ4n) is 1.59. The molecule has 1 rings (SSSR count). The van der Waals surface area contributed by atoms with Crippen molar-refractivity contribution in [1.82, 2.24) is 0 Å². The number of aryl methyl sites for hydroxylation is 1. The quantitative estimate of drug-likeness (QED) is 0.608. The van der Waals surface area contributed by atoms with Crippen LogP contribution in [-0.2, 0) is 0 Å². The van der Waals surface area contributed by atoms with Crippen molar-refractivity contribution < 1.29 is 5.11 Å². The molecule has 1 N–H and O–H groups in total. The molecular formula is C15H24OSi. The van der Waals surface area contributed by atoms with E-state index in [1.807, 2.05) is 24.3 Å². The Morgan fingerprint density at radius 2 is 1.71 bits per heavy atom. The highest BCUT2D eigenvalue weighted by molar-refractivity contribution is 6.76. The Bertz CT molecular complexity index is 360. The van der Waals surface area contributed by atoms with Crippen molar-refractivity contribution in [2.75, 3.05) is 0 Å². The van der Waals surface area contributed by atoms with E-state index in [-0.39, 0.29) is 6.10 Å². The molecule has 94 valence electrons. The van der Waals surface area contributed by atoms with Crippen LogP contribution in [0.1, 0.15) is 23.7 Å². The molecule has 0 aliphatic heterocycles. The first kappa shape index (κ1) is 14.2. The van der Waals surface area contributed by atoms with E-state index in [2.05, 4.69) is 38.7 Å². The van der Waals surface area contributed by atoms with E-state index in [1.54, 1.807) is 0 Å². The number of allylic oxidation sites excluding steroid dienone is 1. The normalized spacial score (nSPS) is 14.2. The van der Waals surface area contributed by atoms with Gasteiger partial charge in [0.25, 0.3) is 0 Å². The highest BCUT2D eigenvalue weighted by Gasteiger charge is 2.10. The highest BCUT2D eigenvalue weighted by atomic mass is 28.3. The van der Waals surface area contributed by atoms with Crippen molar-refractivity contribution in [3.63, 3.8) is 0 Å². The number of aliphatic hydroxyl groups is 1. The summed E-state index contributed by atoms with van der Waals surface area (Å²) in [5.41, 5.74) is 2.24. The molecule has 1 aromatic carbocycles. The molecule has 17 heavy (non-hydrogen) atoms. The lowest BCUT2D eigenvalue weighted by molar-refractivity contribution is 0.181. The van der Waals surface area contributed by atoms with Crippen LogP contribution >= 0.6 is 0 Å². The summed E-state index contributed by atoms with van der Waals surface area (Å²) in [5.74, 6) is 0. The van der Waals surface area contributed by atoms with Crippen molar-refractivity contribution >= 4 is 8.07 Å². The van der Waals surface area contributed by atoms with Gasteiger partial charge in [0.2, 0.25) is 0 Å². The summed E-state index contributed by atoms with van der Waals surface area (Å²) >= 11 is 0. The smallest absolute Gasteiger partial charge is 0.0824 e. The van der Waals surface area contributed by atoms with E-state index >= 15 is 0 Å². The molecule has 2 heteroatoms. The molecule has 0 saturated heterocycles. The molecule has 0 radical (unpaired) electrons. The standard InChI is InChI=1S/C15H24OSi/c1-13-8-10-14(11-9-13)15(16)7-5-6-12-17(2,3)4/h5-6,8-11,15-16H,7,12H2,1-4H3/b6-5-. The summed E-state index contributed by atoms with van der Waals surface area (Å²) < 4.78 is 0. The number of hydrogen-bond acceptors (Lipinski definition) is 1. The van der Waals surface area contributed by atoms with Gasteiger partial charge in [-0.15, -0.1) is 0 Å². The highest BCUT2D eigenvalue weighted by Crippen LogP contribution is 2.18. The summed E-state index contributed by atoms with van der Waals surface area (Å²) in [5, 5.41) is 10.0. The summed E-state index contributed by atoms with van der Waals surface area (Å²) in [7, 11) is -0.984. The zero-order valence-corrected chi connectivity index (χ0v) is 12.4. The molecule has 1 atom stereocenters. The number of aliphatic hydroxyl groups excluding tert-OH is 1. The lowest BCUT2D eigenvalue weighted by Crippen LogP contribution is -2.17. The Morgan fingerprint density at radius 1 is 1.12 bits per heavy atom. The molecule has 0 fully saturated rings. The minimum absolute atomic E-state index is 0.367. The van der Waals surface area contributed by atoms with Gasteiger partial charge in [-0.2, -0.15) is 0 Å². The van der Waals surface area contributed by atoms with E-state index in [1.165, 1.54) is 11.6 Å². The molecule has 1 nitrogen and oxygen atoms in total. The van der Waals surface area contributed by atoms with Crippen LogP contribution in [0.2, 0.25) is 25.7 Å². The van der Waals surface area contributed by atoms with E-state index in [0.29, 0.717) is 6.42 Å². The van der Waals surface area contributed by atoms with Crippen molar-refractivity contribution in [2.24, 2.45) is 0 Å². The number of hydrogen-bond donors (Lipinski definition) is 1. The average molecular weight is 248 g/mol. The Kier molecular flexibility index (Phi) is 5.16. The van der Waals surface area contributed by atoms with E-state index in [0.717, 1.165) is 5.56 Å². The SMILES string of the molecule is Cc1ccc(C(O)C/C=C\C[Si](C)(C)C)cc1. The first-order valence-corrected chi connectivity index (χ1v) is 9.99. The fourth-order valence-corrected chi connectivity index (χ4v) is 2.46. The Labute approximate surface area is 106 Å². The maximum Gasteiger partial charge on any atom is 0.0824 e. The lowest BCUT2D eigenvalue weighted by Gasteiger charge is -2.12. The lowest BCUT2D eigenvalue weighted by atomic mass is 10.1. The van der Waals surface area contributed by atoms with Gasteiger partial charge >= 0.3 is 0 Å². The van der Waals surface area contributed by atoms with Gasteiger partial charge in [-0.1, -0.05) is 61.6 Å². The molecular weight excluding hydrogens is 224 g/mol. The van der Waals surface area contributed by atoms with E-state index in [4.69, 9.17) is 0 Å². The monoisotopic (exact) mass is 248 g/mol. The van der Waals surface area contributed by atoms with Crippen LogP contribution in [0.15, 0.2) is 36.4 Å². The largest absolute Gasteiger partial charge is 0.388 e. The third-order valence-corrected chi connectivity index (χ3v) is 4.18. The zero-order valence-electron chi connectivity index (χ0n) is 11.4. The fraction of sp³-hybridized carbons (Fsp3) is 0.467. The van der Waals surface area contributed by atoms with Gasteiger partial charge in [-0.3, -0.25) is 0 Å². The predicted molar refractivity (Wildman–Crippen MR) is 78.0 cm³/mol. The van der Waals surface area contributed by atoms with E-state index < -0.39 is 8.07 Å². The van der Waals surface area contributed by atoms with Crippen molar-refractivity contribution in [3.05, 3.63) is 47.5 Å². The molecule has 1 unspecified atom stereocenters. The molecule has 0 aromatic heterocycles. The molecule has 0 bridgehead atoms. The van der Waals surface area contributed by atoms with E-state index in [9.17, 15) is 5.11 Å². The maximum atomic E-state index is 10.0. The van der Waals surface area contributed by atoms with Crippen LogP contribution in [0.25, 0.3) is 0 Å².